The monoisotopic (exact) mass is 501 g/mol. The number of hydrogen-bond acceptors (Lipinski definition) is 5. The van der Waals surface area contributed by atoms with Gasteiger partial charge in [0, 0.05) is 19.8 Å². The molecule has 0 aliphatic carbocycles. The molecule has 0 spiro atoms. The highest BCUT2D eigenvalue weighted by molar-refractivity contribution is 8.15. The topological polar surface area (TPSA) is 95.4 Å². The first-order valence-corrected chi connectivity index (χ1v) is 11.8. The van der Waals surface area contributed by atoms with Crippen molar-refractivity contribution in [1.29, 1.82) is 5.26 Å². The van der Waals surface area contributed by atoms with Crippen LogP contribution in [0.2, 0.25) is 0 Å². The minimum Gasteiger partial charge on any atom is -0.379 e. The number of amides is 1. The summed E-state index contributed by atoms with van der Waals surface area (Å²) in [4.78, 5) is 22.8. The first-order valence-electron chi connectivity index (χ1n) is 11.0. The molecule has 3 atom stereocenters. The Labute approximate surface area is 206 Å². The lowest BCUT2D eigenvalue weighted by atomic mass is 9.96. The van der Waals surface area contributed by atoms with Gasteiger partial charge < -0.3 is 10.6 Å². The molecule has 0 radical (unpaired) electrons. The van der Waals surface area contributed by atoms with Crippen molar-refractivity contribution in [3.05, 3.63) is 64.7 Å². The van der Waals surface area contributed by atoms with Crippen molar-refractivity contribution in [2.45, 2.75) is 43.6 Å². The van der Waals surface area contributed by atoms with Crippen LogP contribution in [0.25, 0.3) is 11.9 Å². The van der Waals surface area contributed by atoms with Crippen LogP contribution in [0, 0.1) is 17.1 Å². The molecular formula is C25H26F3N5OS. The van der Waals surface area contributed by atoms with E-state index in [2.05, 4.69) is 9.98 Å². The molecular weight excluding hydrogens is 475 g/mol. The van der Waals surface area contributed by atoms with Gasteiger partial charge in [-0.25, -0.2) is 13.2 Å². The lowest BCUT2D eigenvalue weighted by Gasteiger charge is -2.34. The number of carbonyl (C=O) groups is 1. The third-order valence-electron chi connectivity index (χ3n) is 5.95. The van der Waals surface area contributed by atoms with E-state index in [0.29, 0.717) is 11.1 Å². The third kappa shape index (κ3) is 6.03. The van der Waals surface area contributed by atoms with Crippen molar-refractivity contribution >= 4 is 34.7 Å². The van der Waals surface area contributed by atoms with Crippen LogP contribution in [0.3, 0.4) is 0 Å². The Balaban J connectivity index is 1.93. The van der Waals surface area contributed by atoms with Gasteiger partial charge in [-0.1, -0.05) is 17.8 Å². The number of aliphatic imine (C=N–C) groups is 1. The summed E-state index contributed by atoms with van der Waals surface area (Å²) in [6, 6.07) is 8.20. The Morgan fingerprint density at radius 1 is 1.43 bits per heavy atom. The molecule has 2 N–H and O–H groups in total. The summed E-state index contributed by atoms with van der Waals surface area (Å²) >= 11 is 0.990. The first kappa shape index (κ1) is 26.3. The molecule has 184 valence electrons. The molecule has 1 aromatic carbocycles. The number of carbonyl (C=O) groups excluding carboxylic acids is 1. The van der Waals surface area contributed by atoms with Crippen LogP contribution < -0.4 is 5.73 Å². The summed E-state index contributed by atoms with van der Waals surface area (Å²) in [5.41, 5.74) is 6.78. The molecule has 2 heterocycles. The van der Waals surface area contributed by atoms with Gasteiger partial charge >= 0.3 is 0 Å². The molecule has 6 nitrogen and oxygen atoms in total. The number of nitrogens with two attached hydrogens (primary N) is 1. The summed E-state index contributed by atoms with van der Waals surface area (Å²) in [6.45, 7) is 3.53. The number of nitriles is 1. The normalized spacial score (nSPS) is 20.4. The predicted octanol–water partition coefficient (Wildman–Crippen LogP) is 4.50. The number of hydrogen-bond donors (Lipinski definition) is 1. The molecule has 2 aromatic rings. The van der Waals surface area contributed by atoms with Gasteiger partial charge in [0.25, 0.3) is 0 Å². The van der Waals surface area contributed by atoms with E-state index in [1.54, 1.807) is 13.8 Å². The van der Waals surface area contributed by atoms with E-state index in [4.69, 9.17) is 11.0 Å². The average molecular weight is 502 g/mol. The van der Waals surface area contributed by atoms with Crippen LogP contribution in [0.1, 0.15) is 42.7 Å². The van der Waals surface area contributed by atoms with Crippen molar-refractivity contribution in [1.82, 2.24) is 9.88 Å². The zero-order chi connectivity index (χ0) is 25.8. The number of likely N-dealkylation sites (tertiary alicyclic amines) is 1. The second-order valence-electron chi connectivity index (χ2n) is 8.50. The van der Waals surface area contributed by atoms with E-state index in [0.717, 1.165) is 11.8 Å². The van der Waals surface area contributed by atoms with Crippen LogP contribution >= 0.6 is 11.8 Å². The van der Waals surface area contributed by atoms with Crippen molar-refractivity contribution in [2.75, 3.05) is 13.6 Å². The summed E-state index contributed by atoms with van der Waals surface area (Å²) in [7, 11) is 1.48. The molecule has 1 aromatic heterocycles. The minimum atomic E-state index is -1.27. The maximum absolute atomic E-state index is 14.8. The molecule has 35 heavy (non-hydrogen) atoms. The van der Waals surface area contributed by atoms with Crippen LogP contribution in [-0.2, 0) is 11.2 Å². The number of aromatic nitrogens is 1. The van der Waals surface area contributed by atoms with E-state index < -0.39 is 28.6 Å². The van der Waals surface area contributed by atoms with Gasteiger partial charge in [-0.3, -0.25) is 14.8 Å². The second-order valence-corrected chi connectivity index (χ2v) is 10.0. The van der Waals surface area contributed by atoms with E-state index in [-0.39, 0.29) is 41.7 Å². The van der Waals surface area contributed by atoms with E-state index >= 15 is 0 Å². The maximum atomic E-state index is 14.8. The summed E-state index contributed by atoms with van der Waals surface area (Å²) in [5.74, 6) is -1.60. The zero-order valence-corrected chi connectivity index (χ0v) is 20.5. The zero-order valence-electron chi connectivity index (χ0n) is 19.6. The third-order valence-corrected chi connectivity index (χ3v) is 7.11. The highest BCUT2D eigenvalue weighted by Gasteiger charge is 2.44. The van der Waals surface area contributed by atoms with Gasteiger partial charge in [-0.15, -0.1) is 0 Å². The summed E-state index contributed by atoms with van der Waals surface area (Å²) < 4.78 is 42.4. The minimum absolute atomic E-state index is 0.0289. The fourth-order valence-corrected chi connectivity index (χ4v) is 4.91. The number of rotatable bonds is 6. The number of pyridine rings is 1. The van der Waals surface area contributed by atoms with E-state index in [9.17, 15) is 18.0 Å². The summed E-state index contributed by atoms with van der Waals surface area (Å²) in [6.07, 6.45) is 1.49. The largest absolute Gasteiger partial charge is 0.379 e. The van der Waals surface area contributed by atoms with Crippen LogP contribution in [0.15, 0.2) is 41.5 Å². The van der Waals surface area contributed by atoms with Crippen molar-refractivity contribution < 1.29 is 18.0 Å². The molecule has 10 heteroatoms. The van der Waals surface area contributed by atoms with E-state index in [1.165, 1.54) is 54.6 Å². The lowest BCUT2D eigenvalue weighted by molar-refractivity contribution is -0.134. The average Bonchev–Trinajstić information content (AvgIpc) is 3.18. The van der Waals surface area contributed by atoms with Crippen molar-refractivity contribution in [2.24, 2.45) is 10.7 Å². The Hall–Kier alpha value is -3.32. The van der Waals surface area contributed by atoms with Gasteiger partial charge in [0.05, 0.1) is 17.3 Å². The number of thioether (sulfide) groups is 1. The van der Waals surface area contributed by atoms with Crippen molar-refractivity contribution in [3.63, 3.8) is 0 Å². The number of benzene rings is 1. The summed E-state index contributed by atoms with van der Waals surface area (Å²) in [5, 5.41) is 9.00. The molecule has 0 bridgehead atoms. The fraction of sp³-hybridized carbons (Fsp3) is 0.360. The highest BCUT2D eigenvalue weighted by atomic mass is 32.2. The van der Waals surface area contributed by atoms with Gasteiger partial charge in [0.15, 0.2) is 5.17 Å². The molecule has 3 rings (SSSR count). The highest BCUT2D eigenvalue weighted by Crippen LogP contribution is 2.35. The molecule has 1 fully saturated rings. The lowest BCUT2D eigenvalue weighted by Crippen LogP contribution is -2.49. The molecule has 1 aliphatic heterocycles. The molecule has 0 saturated carbocycles. The van der Waals surface area contributed by atoms with Gasteiger partial charge in [-0.05, 0) is 68.2 Å². The predicted molar refractivity (Wildman–Crippen MR) is 132 cm³/mol. The van der Waals surface area contributed by atoms with Gasteiger partial charge in [-0.2, -0.15) is 5.26 Å². The number of amidine groups is 1. The smallest absolute Gasteiger partial charge is 0.239 e. The molecule has 1 aliphatic rings. The first-order chi connectivity index (χ1) is 16.6. The fourth-order valence-electron chi connectivity index (χ4n) is 3.93. The Morgan fingerprint density at radius 2 is 2.17 bits per heavy atom. The van der Waals surface area contributed by atoms with Gasteiger partial charge in [0.2, 0.25) is 5.91 Å². The molecule has 1 amide bonds. The maximum Gasteiger partial charge on any atom is 0.239 e. The number of nitrogens with zero attached hydrogens (tertiary/aromatic N) is 4. The van der Waals surface area contributed by atoms with E-state index in [1.807, 2.05) is 6.07 Å². The Kier molecular flexibility index (Phi) is 8.22. The van der Waals surface area contributed by atoms with Gasteiger partial charge in [0.1, 0.15) is 28.6 Å². The van der Waals surface area contributed by atoms with Crippen LogP contribution in [0.4, 0.5) is 13.2 Å². The quantitative estimate of drug-likeness (QED) is 0.465. The Morgan fingerprint density at radius 3 is 2.74 bits per heavy atom. The SMILES string of the molecule is CN=C(N)S[C@](C)(Cc1cc(/C=C(\F)c2ccc(C#N)cn2)ccc1F)C(=O)N1CC[C@@H](F)[C@H]1C. The standard InChI is InChI=1S/C25H26F3N5OS/c1-15-19(26)8-9-33(15)23(34)25(2,35-24(30)31-3)12-18-10-16(4-6-20(18)27)11-21(28)22-7-5-17(13-29)14-32-22/h4-7,10-11,14-15,19H,8-9,12H2,1-3H3,(H2,30,31)/b21-11-/t15-,19-,25-/m1/s1. The number of halogens is 3. The number of alkyl halides is 1. The van der Waals surface area contributed by atoms with Crippen molar-refractivity contribution in [3.8, 4) is 6.07 Å². The molecule has 1 saturated heterocycles. The second kappa shape index (κ2) is 11.0. The molecule has 0 unspecified atom stereocenters. The van der Waals surface area contributed by atoms with Crippen LogP contribution in [-0.4, -0.2) is 51.5 Å². The Bertz CT molecular complexity index is 1190. The van der Waals surface area contributed by atoms with Crippen LogP contribution in [0.5, 0.6) is 0 Å².